The molecule has 186 valence electrons. The molecule has 9 aromatic rings. The van der Waals surface area contributed by atoms with Gasteiger partial charge in [-0.2, -0.15) is 0 Å². The van der Waals surface area contributed by atoms with Crippen LogP contribution in [0.15, 0.2) is 127 Å². The number of rotatable bonds is 2. The van der Waals surface area contributed by atoms with Crippen molar-refractivity contribution in [2.45, 2.75) is 0 Å². The van der Waals surface area contributed by atoms with E-state index in [2.05, 4.69) is 127 Å². The van der Waals surface area contributed by atoms with Gasteiger partial charge in [-0.1, -0.05) is 97.1 Å². The van der Waals surface area contributed by atoms with E-state index in [-0.39, 0.29) is 0 Å². The minimum Gasteiger partial charge on any atom is -0.247 e. The summed E-state index contributed by atoms with van der Waals surface area (Å²) < 4.78 is 5.30. The average molecular weight is 544 g/mol. The van der Waals surface area contributed by atoms with E-state index in [4.69, 9.17) is 4.98 Å². The first-order chi connectivity index (χ1) is 19.8. The van der Waals surface area contributed by atoms with Crippen LogP contribution in [-0.4, -0.2) is 4.98 Å². The van der Waals surface area contributed by atoms with Gasteiger partial charge >= 0.3 is 0 Å². The zero-order valence-corrected chi connectivity index (χ0v) is 23.0. The summed E-state index contributed by atoms with van der Waals surface area (Å²) in [6, 6.07) is 46.3. The highest BCUT2D eigenvalue weighted by molar-refractivity contribution is 7.26. The number of thiophene rings is 2. The highest BCUT2D eigenvalue weighted by atomic mass is 32.1. The summed E-state index contributed by atoms with van der Waals surface area (Å²) in [5, 5.41) is 9.02. The van der Waals surface area contributed by atoms with Crippen molar-refractivity contribution in [3.63, 3.8) is 0 Å². The lowest BCUT2D eigenvalue weighted by Crippen LogP contribution is -1.91. The van der Waals surface area contributed by atoms with Crippen LogP contribution in [0.1, 0.15) is 0 Å². The SMILES string of the molecule is c1ccc(-c2nc3cc(-c4ccc5c(c4)sc4ccccc45)ccc3c3c2ccc2sc4ccccc4c23)cc1. The van der Waals surface area contributed by atoms with Crippen LogP contribution in [0, 0.1) is 0 Å². The molecule has 0 unspecified atom stereocenters. The molecule has 6 aromatic carbocycles. The Labute approximate surface area is 238 Å². The van der Waals surface area contributed by atoms with Gasteiger partial charge in [-0.3, -0.25) is 0 Å². The quantitative estimate of drug-likeness (QED) is 0.198. The predicted molar refractivity (Wildman–Crippen MR) is 176 cm³/mol. The van der Waals surface area contributed by atoms with Crippen molar-refractivity contribution in [1.82, 2.24) is 4.98 Å². The fraction of sp³-hybridized carbons (Fsp3) is 0. The van der Waals surface area contributed by atoms with Crippen LogP contribution in [0.3, 0.4) is 0 Å². The van der Waals surface area contributed by atoms with Crippen LogP contribution in [0.5, 0.6) is 0 Å². The van der Waals surface area contributed by atoms with E-state index in [1.54, 1.807) is 0 Å². The van der Waals surface area contributed by atoms with Crippen LogP contribution in [0.2, 0.25) is 0 Å². The molecule has 3 aromatic heterocycles. The molecule has 0 N–H and O–H groups in total. The fourth-order valence-electron chi connectivity index (χ4n) is 6.21. The molecule has 0 saturated carbocycles. The minimum absolute atomic E-state index is 1.03. The molecular weight excluding hydrogens is 523 g/mol. The topological polar surface area (TPSA) is 12.9 Å². The zero-order valence-electron chi connectivity index (χ0n) is 21.4. The Bertz CT molecular complexity index is 2430. The number of fused-ring (bicyclic) bond motifs is 10. The van der Waals surface area contributed by atoms with Gasteiger partial charge < -0.3 is 0 Å². The Kier molecular flexibility index (Phi) is 4.71. The number of aromatic nitrogens is 1. The molecule has 0 spiro atoms. The van der Waals surface area contributed by atoms with Crippen LogP contribution in [0.4, 0.5) is 0 Å². The van der Waals surface area contributed by atoms with Crippen molar-refractivity contribution in [3.8, 4) is 22.4 Å². The molecule has 3 heterocycles. The Morgan fingerprint density at radius 3 is 1.85 bits per heavy atom. The van der Waals surface area contributed by atoms with Crippen LogP contribution < -0.4 is 0 Å². The van der Waals surface area contributed by atoms with Crippen LogP contribution >= 0.6 is 22.7 Å². The average Bonchev–Trinajstić information content (AvgIpc) is 3.58. The lowest BCUT2D eigenvalue weighted by molar-refractivity contribution is 1.43. The second-order valence-electron chi connectivity index (χ2n) is 10.3. The first-order valence-corrected chi connectivity index (χ1v) is 15.1. The highest BCUT2D eigenvalue weighted by Gasteiger charge is 2.17. The lowest BCUT2D eigenvalue weighted by atomic mass is 9.94. The smallest absolute Gasteiger partial charge is 0.0788 e. The van der Waals surface area contributed by atoms with Gasteiger partial charge in [0.05, 0.1) is 11.2 Å². The Hall–Kier alpha value is -4.57. The summed E-state index contributed by atoms with van der Waals surface area (Å²) in [6.45, 7) is 0. The lowest BCUT2D eigenvalue weighted by Gasteiger charge is -2.13. The van der Waals surface area contributed by atoms with E-state index < -0.39 is 0 Å². The number of pyridine rings is 1. The molecule has 0 aliphatic carbocycles. The van der Waals surface area contributed by atoms with Gasteiger partial charge in [0, 0.05) is 62.1 Å². The largest absolute Gasteiger partial charge is 0.247 e. The number of benzene rings is 6. The first kappa shape index (κ1) is 22.3. The monoisotopic (exact) mass is 543 g/mol. The number of hydrogen-bond acceptors (Lipinski definition) is 3. The molecule has 0 aliphatic heterocycles. The maximum Gasteiger partial charge on any atom is 0.0788 e. The molecule has 9 rings (SSSR count). The second kappa shape index (κ2) is 8.46. The van der Waals surface area contributed by atoms with Crippen molar-refractivity contribution in [1.29, 1.82) is 0 Å². The van der Waals surface area contributed by atoms with Gasteiger partial charge in [-0.25, -0.2) is 4.98 Å². The van der Waals surface area contributed by atoms with Gasteiger partial charge in [-0.05, 0) is 41.5 Å². The normalized spacial score (nSPS) is 12.0. The van der Waals surface area contributed by atoms with Crippen molar-refractivity contribution < 1.29 is 0 Å². The minimum atomic E-state index is 1.03. The molecular formula is C37H21NS2. The molecule has 0 saturated heterocycles. The number of hydrogen-bond donors (Lipinski definition) is 0. The molecule has 0 aliphatic rings. The number of nitrogens with zero attached hydrogens (tertiary/aromatic N) is 1. The fourth-order valence-corrected chi connectivity index (χ4v) is 8.47. The van der Waals surface area contributed by atoms with Crippen molar-refractivity contribution >= 4 is 84.7 Å². The molecule has 0 atom stereocenters. The van der Waals surface area contributed by atoms with Gasteiger partial charge in [0.15, 0.2) is 0 Å². The summed E-state index contributed by atoms with van der Waals surface area (Å²) in [6.07, 6.45) is 0. The molecule has 1 nitrogen and oxygen atoms in total. The van der Waals surface area contributed by atoms with Crippen molar-refractivity contribution in [2.24, 2.45) is 0 Å². The maximum absolute atomic E-state index is 5.33. The van der Waals surface area contributed by atoms with E-state index in [0.717, 1.165) is 16.8 Å². The summed E-state index contributed by atoms with van der Waals surface area (Å²) in [5.74, 6) is 0. The van der Waals surface area contributed by atoms with E-state index in [1.807, 2.05) is 22.7 Å². The predicted octanol–water partition coefficient (Wildman–Crippen LogP) is 11.5. The van der Waals surface area contributed by atoms with Crippen LogP contribution in [-0.2, 0) is 0 Å². The molecule has 0 bridgehead atoms. The Balaban J connectivity index is 1.36. The third-order valence-corrected chi connectivity index (χ3v) is 10.3. The summed E-state index contributed by atoms with van der Waals surface area (Å²) in [4.78, 5) is 5.33. The summed E-state index contributed by atoms with van der Waals surface area (Å²) >= 11 is 3.73. The van der Waals surface area contributed by atoms with Crippen LogP contribution in [0.25, 0.3) is 84.4 Å². The van der Waals surface area contributed by atoms with Gasteiger partial charge in [0.1, 0.15) is 0 Å². The zero-order chi connectivity index (χ0) is 26.2. The van der Waals surface area contributed by atoms with Gasteiger partial charge in [0.2, 0.25) is 0 Å². The molecule has 3 heteroatoms. The molecule has 0 fully saturated rings. The van der Waals surface area contributed by atoms with Gasteiger partial charge in [0.25, 0.3) is 0 Å². The maximum atomic E-state index is 5.33. The Morgan fingerprint density at radius 1 is 0.375 bits per heavy atom. The summed E-state index contributed by atoms with van der Waals surface area (Å²) in [7, 11) is 0. The first-order valence-electron chi connectivity index (χ1n) is 13.5. The molecule has 0 amide bonds. The van der Waals surface area contributed by atoms with E-state index >= 15 is 0 Å². The highest BCUT2D eigenvalue weighted by Crippen LogP contribution is 2.44. The second-order valence-corrected chi connectivity index (χ2v) is 12.5. The van der Waals surface area contributed by atoms with E-state index in [0.29, 0.717) is 0 Å². The molecule has 40 heavy (non-hydrogen) atoms. The van der Waals surface area contributed by atoms with Crippen molar-refractivity contribution in [3.05, 3.63) is 127 Å². The Morgan fingerprint density at radius 2 is 1.00 bits per heavy atom. The van der Waals surface area contributed by atoms with Gasteiger partial charge in [-0.15, -0.1) is 22.7 Å². The third-order valence-electron chi connectivity index (χ3n) is 8.06. The van der Waals surface area contributed by atoms with E-state index in [9.17, 15) is 0 Å². The summed E-state index contributed by atoms with van der Waals surface area (Å²) in [5.41, 5.74) is 5.63. The standard InChI is InChI=1S/C37H21NS2/c1-2-8-22(9-3-1)37-29-18-19-33-36(28-11-5-7-13-32(28)39-33)35(29)27-17-15-23(20-30(27)38-37)24-14-16-26-25-10-4-6-12-31(25)40-34(26)21-24/h1-21H. The molecule has 0 radical (unpaired) electrons. The third kappa shape index (κ3) is 3.22. The van der Waals surface area contributed by atoms with Crippen molar-refractivity contribution in [2.75, 3.05) is 0 Å². The van der Waals surface area contributed by atoms with E-state index in [1.165, 1.54) is 67.6 Å².